The van der Waals surface area contributed by atoms with Crippen LogP contribution in [0.3, 0.4) is 0 Å². The van der Waals surface area contributed by atoms with Crippen molar-refractivity contribution in [2.45, 2.75) is 6.42 Å². The molecular formula is C20H25N3O4. The predicted molar refractivity (Wildman–Crippen MR) is 106 cm³/mol. The van der Waals surface area contributed by atoms with Gasteiger partial charge in [-0.3, -0.25) is 9.59 Å². The van der Waals surface area contributed by atoms with E-state index in [-0.39, 0.29) is 0 Å². The van der Waals surface area contributed by atoms with Gasteiger partial charge in [0.1, 0.15) is 0 Å². The molecule has 7 nitrogen and oxygen atoms in total. The van der Waals surface area contributed by atoms with Gasteiger partial charge >= 0.3 is 11.8 Å². The Balaban J connectivity index is 1.84. The molecule has 0 saturated heterocycles. The molecule has 7 heteroatoms. The molecule has 0 bridgehead atoms. The van der Waals surface area contributed by atoms with Crippen molar-refractivity contribution in [2.24, 2.45) is 0 Å². The number of anilines is 2. The molecule has 0 radical (unpaired) electrons. The third-order valence-electron chi connectivity index (χ3n) is 4.00. The van der Waals surface area contributed by atoms with Crippen LogP contribution in [0.4, 0.5) is 11.4 Å². The molecule has 0 aliphatic rings. The Kier molecular flexibility index (Phi) is 7.05. The average molecular weight is 371 g/mol. The van der Waals surface area contributed by atoms with E-state index >= 15 is 0 Å². The Hall–Kier alpha value is -3.22. The van der Waals surface area contributed by atoms with Crippen LogP contribution in [-0.2, 0) is 16.0 Å². The Morgan fingerprint density at radius 1 is 0.926 bits per heavy atom. The van der Waals surface area contributed by atoms with Crippen molar-refractivity contribution in [3.63, 3.8) is 0 Å². The molecule has 2 aromatic carbocycles. The first-order valence-electron chi connectivity index (χ1n) is 8.52. The lowest BCUT2D eigenvalue weighted by atomic mass is 10.1. The summed E-state index contributed by atoms with van der Waals surface area (Å²) in [5.41, 5.74) is 2.64. The number of amides is 2. The molecule has 0 spiro atoms. The Labute approximate surface area is 159 Å². The van der Waals surface area contributed by atoms with Crippen molar-refractivity contribution in [2.75, 3.05) is 45.1 Å². The van der Waals surface area contributed by atoms with Crippen LogP contribution >= 0.6 is 0 Å². The quantitative estimate of drug-likeness (QED) is 0.729. The molecular weight excluding hydrogens is 346 g/mol. The molecule has 2 rings (SSSR count). The van der Waals surface area contributed by atoms with Gasteiger partial charge in [0, 0.05) is 38.1 Å². The van der Waals surface area contributed by atoms with Gasteiger partial charge in [-0.15, -0.1) is 0 Å². The molecule has 0 atom stereocenters. The van der Waals surface area contributed by atoms with Gasteiger partial charge in [0.2, 0.25) is 0 Å². The number of methoxy groups -OCH3 is 2. The van der Waals surface area contributed by atoms with Crippen LogP contribution in [-0.4, -0.2) is 46.7 Å². The zero-order valence-corrected chi connectivity index (χ0v) is 16.0. The summed E-state index contributed by atoms with van der Waals surface area (Å²) in [5, 5.41) is 5.17. The highest BCUT2D eigenvalue weighted by atomic mass is 16.5. The second-order valence-electron chi connectivity index (χ2n) is 6.09. The normalized spacial score (nSPS) is 10.1. The van der Waals surface area contributed by atoms with E-state index in [4.69, 9.17) is 9.47 Å². The van der Waals surface area contributed by atoms with E-state index in [1.165, 1.54) is 14.2 Å². The topological polar surface area (TPSA) is 79.9 Å². The highest BCUT2D eigenvalue weighted by Crippen LogP contribution is 2.29. The molecule has 0 saturated carbocycles. The van der Waals surface area contributed by atoms with Gasteiger partial charge in [0.15, 0.2) is 11.5 Å². The second-order valence-corrected chi connectivity index (χ2v) is 6.09. The zero-order valence-electron chi connectivity index (χ0n) is 16.0. The van der Waals surface area contributed by atoms with E-state index in [0.717, 1.165) is 11.3 Å². The van der Waals surface area contributed by atoms with E-state index < -0.39 is 11.8 Å². The van der Waals surface area contributed by atoms with Crippen molar-refractivity contribution < 1.29 is 19.1 Å². The van der Waals surface area contributed by atoms with Crippen molar-refractivity contribution >= 4 is 23.2 Å². The van der Waals surface area contributed by atoms with Crippen LogP contribution in [0.1, 0.15) is 5.56 Å². The number of hydrogen-bond acceptors (Lipinski definition) is 5. The molecule has 144 valence electrons. The summed E-state index contributed by atoms with van der Waals surface area (Å²) in [6.07, 6.45) is 0.642. The lowest BCUT2D eigenvalue weighted by Crippen LogP contribution is -2.36. The highest BCUT2D eigenvalue weighted by Gasteiger charge is 2.14. The van der Waals surface area contributed by atoms with E-state index in [9.17, 15) is 9.59 Å². The van der Waals surface area contributed by atoms with Crippen LogP contribution in [0.15, 0.2) is 42.5 Å². The van der Waals surface area contributed by atoms with Crippen LogP contribution in [0, 0.1) is 0 Å². The largest absolute Gasteiger partial charge is 0.493 e. The molecule has 0 aliphatic heterocycles. The zero-order chi connectivity index (χ0) is 19.8. The fourth-order valence-corrected chi connectivity index (χ4v) is 2.46. The summed E-state index contributed by atoms with van der Waals surface area (Å²) >= 11 is 0. The number of hydrogen-bond donors (Lipinski definition) is 2. The monoisotopic (exact) mass is 371 g/mol. The number of nitrogens with zero attached hydrogens (tertiary/aromatic N) is 1. The fraction of sp³-hybridized carbons (Fsp3) is 0.300. The van der Waals surface area contributed by atoms with E-state index in [0.29, 0.717) is 30.2 Å². The minimum atomic E-state index is -0.731. The van der Waals surface area contributed by atoms with Gasteiger partial charge in [-0.2, -0.15) is 0 Å². The predicted octanol–water partition coefficient (Wildman–Crippen LogP) is 2.07. The smallest absolute Gasteiger partial charge is 0.313 e. The maximum absolute atomic E-state index is 12.0. The molecule has 2 aromatic rings. The minimum absolute atomic E-state index is 0.375. The number of rotatable bonds is 7. The molecule has 0 heterocycles. The highest BCUT2D eigenvalue weighted by molar-refractivity contribution is 6.39. The SMILES string of the molecule is COc1ccc(NC(=O)C(=O)NCCc2ccc(N(C)C)cc2)cc1OC. The van der Waals surface area contributed by atoms with E-state index in [1.54, 1.807) is 18.2 Å². The molecule has 2 amide bonds. The third-order valence-corrected chi connectivity index (χ3v) is 4.00. The molecule has 0 aromatic heterocycles. The van der Waals surface area contributed by atoms with Crippen LogP contribution in [0.2, 0.25) is 0 Å². The number of ether oxygens (including phenoxy) is 2. The van der Waals surface area contributed by atoms with Crippen molar-refractivity contribution in [3.05, 3.63) is 48.0 Å². The summed E-state index contributed by atoms with van der Waals surface area (Å²) in [4.78, 5) is 26.0. The van der Waals surface area contributed by atoms with E-state index in [2.05, 4.69) is 10.6 Å². The van der Waals surface area contributed by atoms with Crippen LogP contribution in [0.5, 0.6) is 11.5 Å². The molecule has 0 unspecified atom stereocenters. The van der Waals surface area contributed by atoms with Crippen LogP contribution in [0.25, 0.3) is 0 Å². The Bertz CT molecular complexity index is 788. The Morgan fingerprint density at radius 3 is 2.19 bits per heavy atom. The first kappa shape index (κ1) is 20.1. The van der Waals surface area contributed by atoms with Gasteiger partial charge in [-0.25, -0.2) is 0 Å². The summed E-state index contributed by atoms with van der Waals surface area (Å²) in [6, 6.07) is 12.9. The summed E-state index contributed by atoms with van der Waals surface area (Å²) in [5.74, 6) is -0.406. The lowest BCUT2D eigenvalue weighted by Gasteiger charge is -2.13. The van der Waals surface area contributed by atoms with Gasteiger partial charge < -0.3 is 25.0 Å². The van der Waals surface area contributed by atoms with Crippen molar-refractivity contribution in [3.8, 4) is 11.5 Å². The van der Waals surface area contributed by atoms with Gasteiger partial charge in [0.25, 0.3) is 0 Å². The number of nitrogens with one attached hydrogen (secondary N) is 2. The van der Waals surface area contributed by atoms with Crippen molar-refractivity contribution in [1.29, 1.82) is 0 Å². The van der Waals surface area contributed by atoms with Gasteiger partial charge in [-0.05, 0) is 36.2 Å². The van der Waals surface area contributed by atoms with Gasteiger partial charge in [0.05, 0.1) is 14.2 Å². The van der Waals surface area contributed by atoms with Crippen LogP contribution < -0.4 is 25.0 Å². The van der Waals surface area contributed by atoms with E-state index in [1.807, 2.05) is 43.3 Å². The average Bonchev–Trinajstić information content (AvgIpc) is 2.68. The first-order chi connectivity index (χ1) is 12.9. The maximum atomic E-state index is 12.0. The molecule has 2 N–H and O–H groups in total. The summed E-state index contributed by atoms with van der Waals surface area (Å²) in [6.45, 7) is 0.375. The third kappa shape index (κ3) is 5.64. The first-order valence-corrected chi connectivity index (χ1v) is 8.52. The van der Waals surface area contributed by atoms with Crippen molar-refractivity contribution in [1.82, 2.24) is 5.32 Å². The molecule has 0 aliphatic carbocycles. The summed E-state index contributed by atoms with van der Waals surface area (Å²) < 4.78 is 10.3. The fourth-order valence-electron chi connectivity index (χ4n) is 2.46. The molecule has 27 heavy (non-hydrogen) atoms. The summed E-state index contributed by atoms with van der Waals surface area (Å²) in [7, 11) is 6.98. The second kappa shape index (κ2) is 9.47. The maximum Gasteiger partial charge on any atom is 0.313 e. The number of carbonyl (C=O) groups is 2. The standard InChI is InChI=1S/C20H25N3O4/c1-23(2)16-8-5-14(6-9-16)11-12-21-19(24)20(25)22-15-7-10-17(26-3)18(13-15)27-4/h5-10,13H,11-12H2,1-4H3,(H,21,24)(H,22,25). The van der Waals surface area contributed by atoms with Gasteiger partial charge in [-0.1, -0.05) is 12.1 Å². The lowest BCUT2D eigenvalue weighted by molar-refractivity contribution is -0.136. The Morgan fingerprint density at radius 2 is 1.59 bits per heavy atom. The minimum Gasteiger partial charge on any atom is -0.493 e. The number of carbonyl (C=O) groups excluding carboxylic acids is 2. The molecule has 0 fully saturated rings. The number of benzene rings is 2.